The minimum absolute atomic E-state index is 0.00577. The maximum absolute atomic E-state index is 13.7. The molecule has 0 unspecified atom stereocenters. The molecule has 6 heteroatoms. The molecule has 0 radical (unpaired) electrons. The van der Waals surface area contributed by atoms with Crippen LogP contribution in [0.15, 0.2) is 76.5 Å². The van der Waals surface area contributed by atoms with Gasteiger partial charge in [0.05, 0.1) is 17.1 Å². The summed E-state index contributed by atoms with van der Waals surface area (Å²) in [5, 5.41) is 3.08. The summed E-state index contributed by atoms with van der Waals surface area (Å²) < 4.78 is 0. The topological polar surface area (TPSA) is 52.7 Å². The van der Waals surface area contributed by atoms with Gasteiger partial charge in [-0.15, -0.1) is 0 Å². The van der Waals surface area contributed by atoms with E-state index in [1.165, 1.54) is 42.2 Å². The van der Waals surface area contributed by atoms with E-state index in [2.05, 4.69) is 62.2 Å². The van der Waals surface area contributed by atoms with Gasteiger partial charge in [-0.2, -0.15) is 0 Å². The average Bonchev–Trinajstić information content (AvgIpc) is 2.96. The summed E-state index contributed by atoms with van der Waals surface area (Å²) >= 11 is 1.50. The Morgan fingerprint density at radius 3 is 2.49 bits per heavy atom. The molecule has 41 heavy (non-hydrogen) atoms. The van der Waals surface area contributed by atoms with Crippen LogP contribution in [0.25, 0.3) is 6.08 Å². The number of carbonyl (C=O) groups is 2. The SMILES string of the molecule is Cc1ccc(C)c(CN2C(=O)/C(=C/c3ccc(C(=O)NCCCN4[C@H](C)CCC[C@H]4C)cc3)Sc3ccccc32)c1. The summed E-state index contributed by atoms with van der Waals surface area (Å²) in [6.45, 7) is 11.0. The van der Waals surface area contributed by atoms with Gasteiger partial charge in [-0.05, 0) is 94.0 Å². The van der Waals surface area contributed by atoms with Crippen molar-refractivity contribution in [3.8, 4) is 0 Å². The molecule has 0 aromatic heterocycles. The van der Waals surface area contributed by atoms with Crippen molar-refractivity contribution < 1.29 is 9.59 Å². The molecule has 1 fully saturated rings. The predicted molar refractivity (Wildman–Crippen MR) is 170 cm³/mol. The smallest absolute Gasteiger partial charge is 0.265 e. The third kappa shape index (κ3) is 6.94. The molecule has 2 aliphatic rings. The molecule has 5 rings (SSSR count). The average molecular weight is 568 g/mol. The van der Waals surface area contributed by atoms with E-state index in [4.69, 9.17) is 0 Å². The normalized spacial score (nSPS) is 20.2. The number of piperidine rings is 1. The second kappa shape index (κ2) is 13.1. The molecule has 2 amide bonds. The van der Waals surface area contributed by atoms with Crippen LogP contribution in [-0.4, -0.2) is 41.9 Å². The van der Waals surface area contributed by atoms with E-state index in [1.807, 2.05) is 53.4 Å². The molecule has 0 saturated carbocycles. The summed E-state index contributed by atoms with van der Waals surface area (Å²) in [7, 11) is 0. The Morgan fingerprint density at radius 1 is 1.00 bits per heavy atom. The molecule has 2 atom stereocenters. The number of aryl methyl sites for hydroxylation is 2. The summed E-state index contributed by atoms with van der Waals surface area (Å²) in [5.74, 6) is -0.0607. The molecule has 0 spiro atoms. The van der Waals surface area contributed by atoms with Crippen molar-refractivity contribution in [2.45, 2.75) is 76.9 Å². The zero-order chi connectivity index (χ0) is 28.9. The first-order valence-corrected chi connectivity index (χ1v) is 15.6. The van der Waals surface area contributed by atoms with Crippen LogP contribution in [-0.2, 0) is 11.3 Å². The highest BCUT2D eigenvalue weighted by Crippen LogP contribution is 2.42. The lowest BCUT2D eigenvalue weighted by molar-refractivity contribution is -0.114. The van der Waals surface area contributed by atoms with Crippen molar-refractivity contribution >= 4 is 35.3 Å². The van der Waals surface area contributed by atoms with Gasteiger partial charge in [0.2, 0.25) is 0 Å². The Morgan fingerprint density at radius 2 is 1.73 bits per heavy atom. The van der Waals surface area contributed by atoms with Gasteiger partial charge in [0.25, 0.3) is 11.8 Å². The first-order valence-electron chi connectivity index (χ1n) is 14.8. The second-order valence-corrected chi connectivity index (χ2v) is 12.6. The van der Waals surface area contributed by atoms with Gasteiger partial charge in [-0.1, -0.05) is 66.2 Å². The summed E-state index contributed by atoms with van der Waals surface area (Å²) in [6.07, 6.45) is 6.72. The largest absolute Gasteiger partial charge is 0.352 e. The van der Waals surface area contributed by atoms with Gasteiger partial charge in [0.15, 0.2) is 0 Å². The van der Waals surface area contributed by atoms with E-state index in [0.717, 1.165) is 34.7 Å². The molecular formula is C35H41N3O2S. The number of para-hydroxylation sites is 1. The van der Waals surface area contributed by atoms with E-state index < -0.39 is 0 Å². The minimum atomic E-state index is -0.0549. The lowest BCUT2D eigenvalue weighted by Crippen LogP contribution is -2.44. The number of anilines is 1. The third-order valence-corrected chi connectivity index (χ3v) is 9.47. The number of nitrogens with zero attached hydrogens (tertiary/aromatic N) is 2. The van der Waals surface area contributed by atoms with Gasteiger partial charge in [0, 0.05) is 35.6 Å². The number of hydrogen-bond acceptors (Lipinski definition) is 4. The van der Waals surface area contributed by atoms with E-state index in [9.17, 15) is 9.59 Å². The third-order valence-electron chi connectivity index (χ3n) is 8.39. The van der Waals surface area contributed by atoms with Gasteiger partial charge in [-0.25, -0.2) is 0 Å². The molecule has 1 saturated heterocycles. The lowest BCUT2D eigenvalue weighted by atomic mass is 9.97. The number of carbonyl (C=O) groups excluding carboxylic acids is 2. The Hall–Kier alpha value is -3.35. The summed E-state index contributed by atoms with van der Waals surface area (Å²) in [4.78, 5) is 32.7. The fraction of sp³-hybridized carbons (Fsp3) is 0.371. The Labute approximate surface area is 249 Å². The zero-order valence-electron chi connectivity index (χ0n) is 24.7. The van der Waals surface area contributed by atoms with Crippen LogP contribution in [0.4, 0.5) is 5.69 Å². The van der Waals surface area contributed by atoms with Crippen LogP contribution in [0.5, 0.6) is 0 Å². The number of likely N-dealkylation sites (tertiary alicyclic amines) is 1. The summed E-state index contributed by atoms with van der Waals surface area (Å²) in [6, 6.07) is 23.2. The van der Waals surface area contributed by atoms with Gasteiger partial charge in [-0.3, -0.25) is 14.5 Å². The highest BCUT2D eigenvalue weighted by Gasteiger charge is 2.29. The molecule has 1 N–H and O–H groups in total. The van der Waals surface area contributed by atoms with Crippen LogP contribution in [0, 0.1) is 13.8 Å². The fourth-order valence-corrected chi connectivity index (χ4v) is 6.98. The number of nitrogens with one attached hydrogen (secondary N) is 1. The predicted octanol–water partition coefficient (Wildman–Crippen LogP) is 7.37. The molecule has 2 heterocycles. The number of benzene rings is 3. The van der Waals surface area contributed by atoms with Crippen molar-refractivity contribution in [1.29, 1.82) is 0 Å². The number of hydrogen-bond donors (Lipinski definition) is 1. The molecule has 0 aliphatic carbocycles. The maximum atomic E-state index is 13.7. The lowest BCUT2D eigenvalue weighted by Gasteiger charge is -2.39. The molecule has 3 aromatic carbocycles. The monoisotopic (exact) mass is 567 g/mol. The molecule has 5 nitrogen and oxygen atoms in total. The highest BCUT2D eigenvalue weighted by molar-refractivity contribution is 8.04. The van der Waals surface area contributed by atoms with Crippen LogP contribution >= 0.6 is 11.8 Å². The fourth-order valence-electron chi connectivity index (χ4n) is 5.92. The molecule has 3 aromatic rings. The van der Waals surface area contributed by atoms with Crippen LogP contribution in [0.3, 0.4) is 0 Å². The van der Waals surface area contributed by atoms with E-state index in [1.54, 1.807) is 0 Å². The minimum Gasteiger partial charge on any atom is -0.352 e. The molecule has 2 aliphatic heterocycles. The van der Waals surface area contributed by atoms with Crippen molar-refractivity contribution in [2.75, 3.05) is 18.0 Å². The number of fused-ring (bicyclic) bond motifs is 1. The Kier molecular flexibility index (Phi) is 9.31. The standard InChI is InChI=1S/C35H41N3O2S/c1-24-13-14-25(2)30(21-24)23-38-31-11-5-6-12-32(31)41-33(35(38)40)22-28-15-17-29(18-16-28)34(39)36-19-8-20-37-26(3)9-7-10-27(37)4/h5-6,11-18,21-22,26-27H,7-10,19-20,23H2,1-4H3,(H,36,39)/b33-22-/t26-,27-/m1/s1. The van der Waals surface area contributed by atoms with E-state index >= 15 is 0 Å². The second-order valence-electron chi connectivity index (χ2n) is 11.5. The van der Waals surface area contributed by atoms with Crippen molar-refractivity contribution in [1.82, 2.24) is 10.2 Å². The van der Waals surface area contributed by atoms with Crippen LogP contribution in [0.2, 0.25) is 0 Å². The number of rotatable bonds is 8. The zero-order valence-corrected chi connectivity index (χ0v) is 25.5. The van der Waals surface area contributed by atoms with Crippen molar-refractivity contribution in [3.05, 3.63) is 99.5 Å². The van der Waals surface area contributed by atoms with Crippen molar-refractivity contribution in [2.24, 2.45) is 0 Å². The van der Waals surface area contributed by atoms with Gasteiger partial charge < -0.3 is 10.2 Å². The molecular weight excluding hydrogens is 526 g/mol. The van der Waals surface area contributed by atoms with Gasteiger partial charge >= 0.3 is 0 Å². The van der Waals surface area contributed by atoms with E-state index in [0.29, 0.717) is 35.6 Å². The van der Waals surface area contributed by atoms with E-state index in [-0.39, 0.29) is 11.8 Å². The number of thioether (sulfide) groups is 1. The van der Waals surface area contributed by atoms with Crippen LogP contribution in [0.1, 0.15) is 72.1 Å². The Bertz CT molecular complexity index is 1420. The number of amides is 2. The van der Waals surface area contributed by atoms with Gasteiger partial charge in [0.1, 0.15) is 0 Å². The first-order chi connectivity index (χ1) is 19.8. The maximum Gasteiger partial charge on any atom is 0.265 e. The quantitative estimate of drug-likeness (QED) is 0.228. The molecule has 0 bridgehead atoms. The van der Waals surface area contributed by atoms with Crippen molar-refractivity contribution in [3.63, 3.8) is 0 Å². The highest BCUT2D eigenvalue weighted by atomic mass is 32.2. The Balaban J connectivity index is 1.24. The molecule has 214 valence electrons. The van der Waals surface area contributed by atoms with Crippen LogP contribution < -0.4 is 10.2 Å². The first kappa shape index (κ1) is 29.2. The summed E-state index contributed by atoms with van der Waals surface area (Å²) in [5.41, 5.74) is 5.98.